The highest BCUT2D eigenvalue weighted by atomic mass is 32.2. The van der Waals surface area contributed by atoms with Gasteiger partial charge < -0.3 is 11.1 Å². The van der Waals surface area contributed by atoms with Crippen molar-refractivity contribution >= 4 is 26.8 Å². The van der Waals surface area contributed by atoms with Crippen LogP contribution in [-0.4, -0.2) is 24.5 Å². The van der Waals surface area contributed by atoms with Crippen LogP contribution in [0.15, 0.2) is 71.6 Å². The van der Waals surface area contributed by atoms with Gasteiger partial charge >= 0.3 is 0 Å². The van der Waals surface area contributed by atoms with Crippen LogP contribution < -0.4 is 16.2 Å². The van der Waals surface area contributed by atoms with Crippen molar-refractivity contribution in [3.8, 4) is 11.3 Å². The topological polar surface area (TPSA) is 144 Å². The third kappa shape index (κ3) is 4.33. The number of nitrogens with zero attached hydrogens (tertiary/aromatic N) is 1. The molecule has 1 aromatic heterocycles. The van der Waals surface area contributed by atoms with Gasteiger partial charge in [-0.05, 0) is 41.5 Å². The first-order chi connectivity index (χ1) is 14.9. The molecule has 0 saturated heterocycles. The van der Waals surface area contributed by atoms with Crippen molar-refractivity contribution in [1.29, 1.82) is 0 Å². The molecule has 0 saturated carbocycles. The number of H-pyrrole nitrogens is 1. The molecule has 4 rings (SSSR count). The highest BCUT2D eigenvalue weighted by Gasteiger charge is 2.15. The molecule has 9 heteroatoms. The van der Waals surface area contributed by atoms with Gasteiger partial charge in [-0.25, -0.2) is 13.6 Å². The fraction of sp³-hybridized carbons (Fsp3) is 0.0909. The van der Waals surface area contributed by atoms with Crippen LogP contribution in [0, 0.1) is 0 Å². The summed E-state index contributed by atoms with van der Waals surface area (Å²) >= 11 is 0. The Morgan fingerprint density at radius 3 is 2.52 bits per heavy atom. The summed E-state index contributed by atoms with van der Waals surface area (Å²) in [6.07, 6.45) is 0. The van der Waals surface area contributed by atoms with E-state index in [0.717, 1.165) is 16.6 Å². The number of aromatic amines is 1. The average Bonchev–Trinajstić information content (AvgIpc) is 3.20. The lowest BCUT2D eigenvalue weighted by Gasteiger charge is -2.09. The number of fused-ring (bicyclic) bond motifs is 1. The number of amides is 1. The fourth-order valence-corrected chi connectivity index (χ4v) is 3.96. The van der Waals surface area contributed by atoms with E-state index in [2.05, 4.69) is 15.5 Å². The molecule has 0 bridgehead atoms. The summed E-state index contributed by atoms with van der Waals surface area (Å²) in [7, 11) is -3.84. The Balaban J connectivity index is 1.63. The molecule has 0 aliphatic heterocycles. The van der Waals surface area contributed by atoms with E-state index >= 15 is 0 Å². The van der Waals surface area contributed by atoms with Crippen LogP contribution in [0.5, 0.6) is 0 Å². The lowest BCUT2D eigenvalue weighted by atomic mass is 10.0. The van der Waals surface area contributed by atoms with Crippen LogP contribution in [0.2, 0.25) is 0 Å². The number of carbonyl (C=O) groups is 1. The van der Waals surface area contributed by atoms with Crippen LogP contribution in [-0.2, 0) is 23.1 Å². The molecule has 0 fully saturated rings. The van der Waals surface area contributed by atoms with Gasteiger partial charge in [-0.15, -0.1) is 0 Å². The number of aromatic nitrogens is 2. The van der Waals surface area contributed by atoms with E-state index in [1.54, 1.807) is 30.3 Å². The molecule has 6 N–H and O–H groups in total. The van der Waals surface area contributed by atoms with Crippen molar-refractivity contribution < 1.29 is 13.2 Å². The number of carbonyl (C=O) groups excluding carboxylic acids is 1. The lowest BCUT2D eigenvalue weighted by molar-refractivity contribution is 0.0951. The second-order valence-corrected chi connectivity index (χ2v) is 8.62. The molecular formula is C22H21N5O3S. The minimum absolute atomic E-state index is 0.00591. The smallest absolute Gasteiger partial charge is 0.251 e. The van der Waals surface area contributed by atoms with E-state index in [1.165, 1.54) is 12.1 Å². The Morgan fingerprint density at radius 1 is 1.00 bits per heavy atom. The Kier molecular flexibility index (Phi) is 5.55. The van der Waals surface area contributed by atoms with Crippen molar-refractivity contribution in [1.82, 2.24) is 15.5 Å². The van der Waals surface area contributed by atoms with Gasteiger partial charge in [0.1, 0.15) is 0 Å². The summed E-state index contributed by atoms with van der Waals surface area (Å²) in [5, 5.41) is 16.1. The van der Waals surface area contributed by atoms with Gasteiger partial charge in [-0.3, -0.25) is 9.89 Å². The number of hydrogen-bond donors (Lipinski definition) is 4. The minimum atomic E-state index is -3.84. The molecule has 4 aromatic rings. The number of nitrogens with two attached hydrogens (primary N) is 2. The maximum Gasteiger partial charge on any atom is 0.251 e. The Hall–Kier alpha value is -3.53. The molecule has 1 heterocycles. The molecule has 8 nitrogen and oxygen atoms in total. The number of hydrogen-bond acceptors (Lipinski definition) is 5. The second kappa shape index (κ2) is 8.31. The van der Waals surface area contributed by atoms with Gasteiger partial charge in [-0.1, -0.05) is 36.4 Å². The molecule has 158 valence electrons. The van der Waals surface area contributed by atoms with Gasteiger partial charge in [0.05, 0.1) is 16.1 Å². The minimum Gasteiger partial charge on any atom is -0.348 e. The Labute approximate surface area is 179 Å². The first kappa shape index (κ1) is 20.7. The molecule has 0 spiro atoms. The monoisotopic (exact) mass is 435 g/mol. The lowest BCUT2D eigenvalue weighted by Crippen LogP contribution is -2.23. The summed E-state index contributed by atoms with van der Waals surface area (Å²) in [6, 6.07) is 19.1. The fourth-order valence-electron chi connectivity index (χ4n) is 3.40. The number of benzene rings is 3. The summed E-state index contributed by atoms with van der Waals surface area (Å²) in [5.74, 6) is -0.237. The number of sulfonamides is 1. The van der Waals surface area contributed by atoms with Gasteiger partial charge in [0, 0.05) is 29.6 Å². The first-order valence-corrected chi connectivity index (χ1v) is 11.1. The van der Waals surface area contributed by atoms with E-state index in [-0.39, 0.29) is 10.8 Å². The van der Waals surface area contributed by atoms with Gasteiger partial charge in [-0.2, -0.15) is 5.10 Å². The van der Waals surface area contributed by atoms with Gasteiger partial charge in [0.2, 0.25) is 10.0 Å². The van der Waals surface area contributed by atoms with Gasteiger partial charge in [0.15, 0.2) is 0 Å². The van der Waals surface area contributed by atoms with Crippen molar-refractivity contribution in [3.63, 3.8) is 0 Å². The third-order valence-electron chi connectivity index (χ3n) is 5.04. The quantitative estimate of drug-likeness (QED) is 0.367. The normalized spacial score (nSPS) is 11.5. The van der Waals surface area contributed by atoms with Crippen molar-refractivity contribution in [3.05, 3.63) is 83.4 Å². The van der Waals surface area contributed by atoms with Crippen molar-refractivity contribution in [2.45, 2.75) is 18.0 Å². The molecule has 0 unspecified atom stereocenters. The predicted molar refractivity (Wildman–Crippen MR) is 118 cm³/mol. The first-order valence-electron chi connectivity index (χ1n) is 9.53. The summed E-state index contributed by atoms with van der Waals surface area (Å²) in [5.41, 5.74) is 9.99. The van der Waals surface area contributed by atoms with E-state index < -0.39 is 10.0 Å². The number of nitrogens with one attached hydrogen (secondary N) is 2. The molecule has 0 radical (unpaired) electrons. The highest BCUT2D eigenvalue weighted by molar-refractivity contribution is 7.89. The molecule has 1 amide bonds. The van der Waals surface area contributed by atoms with Crippen LogP contribution in [0.1, 0.15) is 21.5 Å². The molecule has 0 aliphatic carbocycles. The predicted octanol–water partition coefficient (Wildman–Crippen LogP) is 2.27. The van der Waals surface area contributed by atoms with E-state index in [1.807, 2.05) is 24.3 Å². The largest absolute Gasteiger partial charge is 0.348 e. The molecule has 31 heavy (non-hydrogen) atoms. The molecular weight excluding hydrogens is 414 g/mol. The zero-order chi connectivity index (χ0) is 22.0. The molecule has 0 aliphatic rings. The standard InChI is InChI=1S/C22H21N5O3S/c23-12-16-4-1-2-5-17(16)13-25-22(28)15-8-9-20-19(11-15)21(27-26-20)14-6-3-7-18(10-14)31(24,29)30/h1-11H,12-13,23H2,(H,25,28)(H,26,27)(H2,24,29,30). The highest BCUT2D eigenvalue weighted by Crippen LogP contribution is 2.28. The Bertz CT molecular complexity index is 1380. The maximum absolute atomic E-state index is 12.7. The zero-order valence-electron chi connectivity index (χ0n) is 16.5. The summed E-state index contributed by atoms with van der Waals surface area (Å²) in [4.78, 5) is 12.7. The van der Waals surface area contributed by atoms with Crippen LogP contribution in [0.25, 0.3) is 22.2 Å². The van der Waals surface area contributed by atoms with Crippen LogP contribution in [0.4, 0.5) is 0 Å². The second-order valence-electron chi connectivity index (χ2n) is 7.06. The Morgan fingerprint density at radius 2 is 1.77 bits per heavy atom. The molecule has 0 atom stereocenters. The van der Waals surface area contributed by atoms with Crippen LogP contribution >= 0.6 is 0 Å². The van der Waals surface area contributed by atoms with Crippen LogP contribution in [0.3, 0.4) is 0 Å². The van der Waals surface area contributed by atoms with Crippen molar-refractivity contribution in [2.75, 3.05) is 0 Å². The number of primary sulfonamides is 1. The van der Waals surface area contributed by atoms with E-state index in [4.69, 9.17) is 10.9 Å². The van der Waals surface area contributed by atoms with E-state index in [9.17, 15) is 13.2 Å². The SMILES string of the molecule is NCc1ccccc1CNC(=O)c1ccc2[nH]nc(-c3cccc(S(N)(=O)=O)c3)c2c1. The third-order valence-corrected chi connectivity index (χ3v) is 5.95. The summed E-state index contributed by atoms with van der Waals surface area (Å²) < 4.78 is 23.4. The van der Waals surface area contributed by atoms with E-state index in [0.29, 0.717) is 35.3 Å². The molecule has 3 aromatic carbocycles. The zero-order valence-corrected chi connectivity index (χ0v) is 17.3. The summed E-state index contributed by atoms with van der Waals surface area (Å²) in [6.45, 7) is 0.757. The number of rotatable bonds is 6. The maximum atomic E-state index is 12.7. The van der Waals surface area contributed by atoms with Crippen molar-refractivity contribution in [2.24, 2.45) is 10.9 Å². The van der Waals surface area contributed by atoms with Gasteiger partial charge in [0.25, 0.3) is 5.91 Å². The average molecular weight is 436 g/mol.